The standard InChI is InChI=1S/C23H24N4O/c1-26(22-15-7-13-19-12-5-6-14-20(19)22)23(28)21-17-27(25-24-21)16-8-11-18-9-3-2-4-10-18/h2-6,8-12,14,17,22H,7,13,15-16H2,1H3. The van der Waals surface area contributed by atoms with Crippen LogP contribution in [0, 0.1) is 0 Å². The van der Waals surface area contributed by atoms with E-state index in [1.54, 1.807) is 10.9 Å². The number of nitrogens with zero attached hydrogens (tertiary/aromatic N) is 4. The van der Waals surface area contributed by atoms with Gasteiger partial charge < -0.3 is 4.90 Å². The summed E-state index contributed by atoms with van der Waals surface area (Å²) in [6.07, 6.45) is 8.93. The van der Waals surface area contributed by atoms with E-state index >= 15 is 0 Å². The molecule has 0 saturated heterocycles. The topological polar surface area (TPSA) is 51.0 Å². The van der Waals surface area contributed by atoms with Crippen LogP contribution in [0.2, 0.25) is 0 Å². The Kier molecular flexibility index (Phi) is 5.33. The van der Waals surface area contributed by atoms with Gasteiger partial charge in [0.2, 0.25) is 0 Å². The number of fused-ring (bicyclic) bond motifs is 1. The van der Waals surface area contributed by atoms with Gasteiger partial charge in [-0.3, -0.25) is 4.79 Å². The molecule has 0 saturated carbocycles. The molecule has 4 rings (SSSR count). The van der Waals surface area contributed by atoms with Crippen LogP contribution >= 0.6 is 0 Å². The molecule has 0 N–H and O–H groups in total. The lowest BCUT2D eigenvalue weighted by Gasteiger charge is -2.32. The second kappa shape index (κ2) is 8.21. The molecule has 1 aliphatic rings. The lowest BCUT2D eigenvalue weighted by atomic mass is 9.87. The van der Waals surface area contributed by atoms with Gasteiger partial charge in [-0.05, 0) is 36.0 Å². The number of hydrogen-bond acceptors (Lipinski definition) is 3. The van der Waals surface area contributed by atoms with Gasteiger partial charge in [-0.2, -0.15) is 0 Å². The summed E-state index contributed by atoms with van der Waals surface area (Å²) in [7, 11) is 1.86. The highest BCUT2D eigenvalue weighted by molar-refractivity contribution is 5.92. The van der Waals surface area contributed by atoms with Crippen LogP contribution in [0.15, 0.2) is 66.9 Å². The van der Waals surface area contributed by atoms with E-state index in [9.17, 15) is 4.79 Å². The zero-order valence-corrected chi connectivity index (χ0v) is 16.0. The van der Waals surface area contributed by atoms with E-state index in [1.807, 2.05) is 60.5 Å². The summed E-state index contributed by atoms with van der Waals surface area (Å²) in [5.74, 6) is -0.0833. The average Bonchev–Trinajstić information content (AvgIpc) is 3.22. The number of allylic oxidation sites excluding steroid dienone is 1. The smallest absolute Gasteiger partial charge is 0.276 e. The first-order valence-corrected chi connectivity index (χ1v) is 9.69. The molecule has 5 nitrogen and oxygen atoms in total. The average molecular weight is 372 g/mol. The Morgan fingerprint density at radius 1 is 1.18 bits per heavy atom. The summed E-state index contributed by atoms with van der Waals surface area (Å²) in [5, 5.41) is 8.21. The fraction of sp³-hybridized carbons (Fsp3) is 0.261. The molecule has 3 aromatic rings. The first-order valence-electron chi connectivity index (χ1n) is 9.69. The van der Waals surface area contributed by atoms with Gasteiger partial charge in [0.1, 0.15) is 0 Å². The van der Waals surface area contributed by atoms with E-state index < -0.39 is 0 Å². The molecule has 5 heteroatoms. The summed E-state index contributed by atoms with van der Waals surface area (Å²) in [4.78, 5) is 14.8. The van der Waals surface area contributed by atoms with Crippen LogP contribution in [0.1, 0.15) is 46.1 Å². The summed E-state index contributed by atoms with van der Waals surface area (Å²) < 4.78 is 1.69. The first-order chi connectivity index (χ1) is 13.7. The molecule has 1 heterocycles. The van der Waals surface area contributed by atoms with Gasteiger partial charge in [0.25, 0.3) is 5.91 Å². The molecule has 0 bridgehead atoms. The third-order valence-corrected chi connectivity index (χ3v) is 5.29. The predicted molar refractivity (Wildman–Crippen MR) is 110 cm³/mol. The quantitative estimate of drug-likeness (QED) is 0.676. The Morgan fingerprint density at radius 3 is 2.82 bits per heavy atom. The Labute approximate surface area is 165 Å². The number of carbonyl (C=O) groups is 1. The minimum atomic E-state index is -0.0833. The van der Waals surface area contributed by atoms with E-state index in [4.69, 9.17) is 0 Å². The number of benzene rings is 2. The normalized spacial score (nSPS) is 16.1. The number of aryl methyl sites for hydroxylation is 1. The Bertz CT molecular complexity index is 977. The zero-order chi connectivity index (χ0) is 19.3. The predicted octanol–water partition coefficient (Wildman–Crippen LogP) is 4.14. The van der Waals surface area contributed by atoms with Gasteiger partial charge in [-0.25, -0.2) is 4.68 Å². The number of carbonyl (C=O) groups excluding carboxylic acids is 1. The molecule has 28 heavy (non-hydrogen) atoms. The van der Waals surface area contributed by atoms with Crippen LogP contribution in [0.25, 0.3) is 6.08 Å². The van der Waals surface area contributed by atoms with Crippen molar-refractivity contribution in [2.75, 3.05) is 7.05 Å². The summed E-state index contributed by atoms with van der Waals surface area (Å²) in [6, 6.07) is 18.6. The van der Waals surface area contributed by atoms with Crippen molar-refractivity contribution in [3.8, 4) is 0 Å². The number of amides is 1. The molecule has 1 amide bonds. The second-order valence-electron chi connectivity index (χ2n) is 7.16. The Morgan fingerprint density at radius 2 is 1.96 bits per heavy atom. The van der Waals surface area contributed by atoms with Crippen molar-refractivity contribution < 1.29 is 4.79 Å². The molecule has 1 aromatic heterocycles. The summed E-state index contributed by atoms with van der Waals surface area (Å²) in [6.45, 7) is 0.575. The van der Waals surface area contributed by atoms with E-state index in [0.717, 1.165) is 24.8 Å². The molecule has 1 atom stereocenters. The molecule has 0 fully saturated rings. The van der Waals surface area contributed by atoms with E-state index in [2.05, 4.69) is 28.5 Å². The number of aromatic nitrogens is 3. The minimum absolute atomic E-state index is 0.0833. The first kappa shape index (κ1) is 18.2. The maximum Gasteiger partial charge on any atom is 0.276 e. The van der Waals surface area contributed by atoms with Gasteiger partial charge in [0, 0.05) is 7.05 Å². The van der Waals surface area contributed by atoms with Crippen molar-refractivity contribution in [3.63, 3.8) is 0 Å². The van der Waals surface area contributed by atoms with E-state index in [0.29, 0.717) is 12.2 Å². The molecule has 0 radical (unpaired) electrons. The molecule has 1 unspecified atom stereocenters. The number of rotatable bonds is 5. The highest BCUT2D eigenvalue weighted by Crippen LogP contribution is 2.33. The SMILES string of the molecule is CN(C(=O)c1cn(CC=Cc2ccccc2)nn1)C1CCCc2ccccc21. The van der Waals surface area contributed by atoms with Crippen molar-refractivity contribution in [2.45, 2.75) is 31.8 Å². The fourth-order valence-corrected chi connectivity index (χ4v) is 3.80. The van der Waals surface area contributed by atoms with Crippen LogP contribution in [0.3, 0.4) is 0 Å². The van der Waals surface area contributed by atoms with Gasteiger partial charge >= 0.3 is 0 Å². The monoisotopic (exact) mass is 372 g/mol. The van der Waals surface area contributed by atoms with Gasteiger partial charge in [0.05, 0.1) is 18.8 Å². The maximum atomic E-state index is 13.0. The van der Waals surface area contributed by atoms with Crippen LogP contribution in [0.5, 0.6) is 0 Å². The lowest BCUT2D eigenvalue weighted by Crippen LogP contribution is -2.33. The van der Waals surface area contributed by atoms with E-state index in [-0.39, 0.29) is 11.9 Å². The van der Waals surface area contributed by atoms with Crippen LogP contribution < -0.4 is 0 Å². The molecule has 2 aromatic carbocycles. The summed E-state index contributed by atoms with van der Waals surface area (Å²) >= 11 is 0. The van der Waals surface area contributed by atoms with Gasteiger partial charge in [-0.1, -0.05) is 72.0 Å². The second-order valence-corrected chi connectivity index (χ2v) is 7.16. The maximum absolute atomic E-state index is 13.0. The van der Waals surface area contributed by atoms with Crippen molar-refractivity contribution in [1.82, 2.24) is 19.9 Å². The third kappa shape index (κ3) is 3.88. The van der Waals surface area contributed by atoms with E-state index in [1.165, 1.54) is 11.1 Å². The Hall–Kier alpha value is -3.21. The Balaban J connectivity index is 1.44. The third-order valence-electron chi connectivity index (χ3n) is 5.29. The van der Waals surface area contributed by atoms with Crippen LogP contribution in [0.4, 0.5) is 0 Å². The van der Waals surface area contributed by atoms with Crippen molar-refractivity contribution in [1.29, 1.82) is 0 Å². The van der Waals surface area contributed by atoms with Gasteiger partial charge in [0.15, 0.2) is 5.69 Å². The molecular formula is C23H24N4O. The fourth-order valence-electron chi connectivity index (χ4n) is 3.80. The number of hydrogen-bond donors (Lipinski definition) is 0. The largest absolute Gasteiger partial charge is 0.333 e. The van der Waals surface area contributed by atoms with Crippen LogP contribution in [-0.4, -0.2) is 32.8 Å². The lowest BCUT2D eigenvalue weighted by molar-refractivity contribution is 0.0709. The van der Waals surface area contributed by atoms with Crippen molar-refractivity contribution in [2.24, 2.45) is 0 Å². The molecular weight excluding hydrogens is 348 g/mol. The molecule has 0 spiro atoms. The zero-order valence-electron chi connectivity index (χ0n) is 16.0. The molecule has 142 valence electrons. The molecule has 1 aliphatic carbocycles. The highest BCUT2D eigenvalue weighted by atomic mass is 16.2. The van der Waals surface area contributed by atoms with Crippen LogP contribution in [-0.2, 0) is 13.0 Å². The van der Waals surface area contributed by atoms with Crippen molar-refractivity contribution in [3.05, 3.63) is 89.3 Å². The highest BCUT2D eigenvalue weighted by Gasteiger charge is 2.28. The summed E-state index contributed by atoms with van der Waals surface area (Å²) in [5.41, 5.74) is 4.11. The minimum Gasteiger partial charge on any atom is -0.333 e. The van der Waals surface area contributed by atoms with Crippen molar-refractivity contribution >= 4 is 12.0 Å². The van der Waals surface area contributed by atoms with Gasteiger partial charge in [-0.15, -0.1) is 5.10 Å². The molecule has 0 aliphatic heterocycles.